The first kappa shape index (κ1) is 40.1. The van der Waals surface area contributed by atoms with Crippen LogP contribution >= 0.6 is 0 Å². The van der Waals surface area contributed by atoms with E-state index >= 15 is 0 Å². The summed E-state index contributed by atoms with van der Waals surface area (Å²) in [6.45, 7) is 6.47. The highest BCUT2D eigenvalue weighted by atomic mass is 16.3. The number of rotatable bonds is 31. The zero-order chi connectivity index (χ0) is 30.4. The van der Waals surface area contributed by atoms with Gasteiger partial charge < -0.3 is 20.6 Å². The SMILES string of the molecule is CCCCCCCCCCCCCCCCCC(O)C(=O)N[C@@H](CO)[C@H](O)/C=C/CCCCCCCCCC(C)C. The van der Waals surface area contributed by atoms with Gasteiger partial charge in [0.1, 0.15) is 6.10 Å². The smallest absolute Gasteiger partial charge is 0.249 e. The van der Waals surface area contributed by atoms with E-state index in [-0.39, 0.29) is 6.61 Å². The van der Waals surface area contributed by atoms with Crippen LogP contribution in [0.1, 0.15) is 181 Å². The van der Waals surface area contributed by atoms with Crippen molar-refractivity contribution in [3.63, 3.8) is 0 Å². The van der Waals surface area contributed by atoms with Crippen LogP contribution in [-0.4, -0.2) is 46.1 Å². The van der Waals surface area contributed by atoms with Crippen molar-refractivity contribution >= 4 is 5.91 Å². The van der Waals surface area contributed by atoms with Gasteiger partial charge in [0.2, 0.25) is 5.91 Å². The summed E-state index contributed by atoms with van der Waals surface area (Å²) in [7, 11) is 0. The number of nitrogens with one attached hydrogen (secondary N) is 1. The molecular formula is C36H71NO4. The third-order valence-electron chi connectivity index (χ3n) is 8.31. The van der Waals surface area contributed by atoms with Crippen molar-refractivity contribution in [1.29, 1.82) is 0 Å². The van der Waals surface area contributed by atoms with Crippen LogP contribution < -0.4 is 5.32 Å². The largest absolute Gasteiger partial charge is 0.394 e. The normalized spacial score (nSPS) is 14.1. The Morgan fingerprint density at radius 3 is 1.49 bits per heavy atom. The Bertz CT molecular complexity index is 580. The number of aliphatic hydroxyl groups is 3. The molecule has 41 heavy (non-hydrogen) atoms. The number of allylic oxidation sites excluding steroid dienone is 1. The molecule has 0 rings (SSSR count). The number of hydrogen-bond acceptors (Lipinski definition) is 4. The van der Waals surface area contributed by atoms with Crippen molar-refractivity contribution in [2.75, 3.05) is 6.61 Å². The summed E-state index contributed by atoms with van der Waals surface area (Å²) in [5.74, 6) is 0.305. The zero-order valence-electron chi connectivity index (χ0n) is 27.6. The van der Waals surface area contributed by atoms with E-state index in [0.717, 1.165) is 38.0 Å². The number of unbranched alkanes of at least 4 members (excludes halogenated alkanes) is 21. The number of aliphatic hydroxyl groups excluding tert-OH is 3. The predicted molar refractivity (Wildman–Crippen MR) is 176 cm³/mol. The molecule has 1 unspecified atom stereocenters. The minimum atomic E-state index is -1.09. The van der Waals surface area contributed by atoms with Crippen molar-refractivity contribution in [3.8, 4) is 0 Å². The molecule has 0 saturated heterocycles. The number of carbonyl (C=O) groups is 1. The van der Waals surface area contributed by atoms with Crippen LogP contribution in [0.25, 0.3) is 0 Å². The van der Waals surface area contributed by atoms with E-state index in [2.05, 4.69) is 26.1 Å². The molecule has 0 bridgehead atoms. The molecule has 0 aliphatic rings. The molecule has 0 fully saturated rings. The minimum absolute atomic E-state index is 0.361. The Labute approximate surface area is 255 Å². The molecule has 3 atom stereocenters. The van der Waals surface area contributed by atoms with E-state index in [9.17, 15) is 20.1 Å². The lowest BCUT2D eigenvalue weighted by molar-refractivity contribution is -0.131. The van der Waals surface area contributed by atoms with Crippen molar-refractivity contribution in [2.45, 2.75) is 200 Å². The highest BCUT2D eigenvalue weighted by molar-refractivity contribution is 5.80. The van der Waals surface area contributed by atoms with E-state index in [4.69, 9.17) is 0 Å². The Kier molecular flexibility index (Phi) is 29.9. The molecule has 5 heteroatoms. The Morgan fingerprint density at radius 1 is 0.634 bits per heavy atom. The van der Waals surface area contributed by atoms with Crippen LogP contribution in [0.4, 0.5) is 0 Å². The fourth-order valence-electron chi connectivity index (χ4n) is 5.43. The summed E-state index contributed by atoms with van der Waals surface area (Å²) in [6, 6.07) is -0.791. The molecule has 0 radical (unpaired) electrons. The topological polar surface area (TPSA) is 89.8 Å². The third kappa shape index (κ3) is 27.7. The number of hydrogen-bond donors (Lipinski definition) is 4. The standard InChI is InChI=1S/C36H71NO4/c1-4-5-6-7-8-9-10-11-12-13-14-17-21-24-27-30-35(40)36(41)37-33(31-38)34(39)29-26-23-20-18-15-16-19-22-25-28-32(2)3/h26,29,32-35,38-40H,4-25,27-28,30-31H2,1-3H3,(H,37,41)/b29-26+/t33-,34+,35?/m0/s1. The van der Waals surface area contributed by atoms with Gasteiger partial charge in [-0.25, -0.2) is 0 Å². The number of amides is 1. The molecule has 244 valence electrons. The summed E-state index contributed by atoms with van der Waals surface area (Å²) in [5.41, 5.74) is 0. The molecular weight excluding hydrogens is 510 g/mol. The first-order valence-electron chi connectivity index (χ1n) is 17.9. The monoisotopic (exact) mass is 582 g/mol. The quantitative estimate of drug-likeness (QED) is 0.0485. The van der Waals surface area contributed by atoms with Crippen LogP contribution in [0.3, 0.4) is 0 Å². The van der Waals surface area contributed by atoms with Crippen LogP contribution in [0, 0.1) is 5.92 Å². The minimum Gasteiger partial charge on any atom is -0.394 e. The molecule has 0 aromatic carbocycles. The molecule has 0 aliphatic heterocycles. The lowest BCUT2D eigenvalue weighted by Crippen LogP contribution is -2.48. The van der Waals surface area contributed by atoms with Crippen LogP contribution in [0.15, 0.2) is 12.2 Å². The van der Waals surface area contributed by atoms with Gasteiger partial charge in [0.25, 0.3) is 0 Å². The van der Waals surface area contributed by atoms with Crippen molar-refractivity contribution in [1.82, 2.24) is 5.32 Å². The van der Waals surface area contributed by atoms with Crippen LogP contribution in [-0.2, 0) is 4.79 Å². The summed E-state index contributed by atoms with van der Waals surface area (Å²) < 4.78 is 0. The zero-order valence-corrected chi connectivity index (χ0v) is 27.6. The average Bonchev–Trinajstić information content (AvgIpc) is 2.96. The summed E-state index contributed by atoms with van der Waals surface area (Å²) in [5, 5.41) is 32.9. The van der Waals surface area contributed by atoms with Gasteiger partial charge in [0, 0.05) is 0 Å². The van der Waals surface area contributed by atoms with E-state index < -0.39 is 24.2 Å². The second-order valence-corrected chi connectivity index (χ2v) is 12.9. The Balaban J connectivity index is 3.74. The van der Waals surface area contributed by atoms with Gasteiger partial charge >= 0.3 is 0 Å². The summed E-state index contributed by atoms with van der Waals surface area (Å²) in [4.78, 5) is 12.4. The van der Waals surface area contributed by atoms with Gasteiger partial charge in [-0.1, -0.05) is 174 Å². The second-order valence-electron chi connectivity index (χ2n) is 12.9. The van der Waals surface area contributed by atoms with Gasteiger partial charge in [-0.2, -0.15) is 0 Å². The summed E-state index contributed by atoms with van der Waals surface area (Å²) >= 11 is 0. The molecule has 0 aliphatic carbocycles. The highest BCUT2D eigenvalue weighted by Crippen LogP contribution is 2.15. The molecule has 0 saturated carbocycles. The molecule has 5 nitrogen and oxygen atoms in total. The Morgan fingerprint density at radius 2 is 1.05 bits per heavy atom. The lowest BCUT2D eigenvalue weighted by Gasteiger charge is -2.21. The molecule has 1 amide bonds. The Hall–Kier alpha value is -0.910. The molecule has 0 aromatic rings. The fraction of sp³-hybridized carbons (Fsp3) is 0.917. The van der Waals surface area contributed by atoms with E-state index in [0.29, 0.717) is 6.42 Å². The van der Waals surface area contributed by atoms with Crippen molar-refractivity contribution in [2.24, 2.45) is 5.92 Å². The van der Waals surface area contributed by atoms with Crippen LogP contribution in [0.5, 0.6) is 0 Å². The third-order valence-corrected chi connectivity index (χ3v) is 8.31. The van der Waals surface area contributed by atoms with E-state index in [1.807, 2.05) is 6.08 Å². The van der Waals surface area contributed by atoms with Gasteiger partial charge in [-0.3, -0.25) is 4.79 Å². The maximum absolute atomic E-state index is 12.4. The van der Waals surface area contributed by atoms with Crippen molar-refractivity contribution in [3.05, 3.63) is 12.2 Å². The van der Waals surface area contributed by atoms with Gasteiger partial charge in [0.05, 0.1) is 18.8 Å². The maximum atomic E-state index is 12.4. The second kappa shape index (κ2) is 30.5. The van der Waals surface area contributed by atoms with Crippen molar-refractivity contribution < 1.29 is 20.1 Å². The predicted octanol–water partition coefficient (Wildman–Crippen LogP) is 9.17. The number of carbonyl (C=O) groups excluding carboxylic acids is 1. The molecule has 0 spiro atoms. The summed E-state index contributed by atoms with van der Waals surface area (Å²) in [6.07, 6.45) is 32.3. The average molecular weight is 582 g/mol. The maximum Gasteiger partial charge on any atom is 0.249 e. The van der Waals surface area contributed by atoms with Gasteiger partial charge in [0.15, 0.2) is 0 Å². The first-order chi connectivity index (χ1) is 19.9. The van der Waals surface area contributed by atoms with E-state index in [1.54, 1.807) is 6.08 Å². The first-order valence-corrected chi connectivity index (χ1v) is 17.9. The lowest BCUT2D eigenvalue weighted by atomic mass is 10.0. The van der Waals surface area contributed by atoms with E-state index in [1.165, 1.54) is 122 Å². The molecule has 4 N–H and O–H groups in total. The molecule has 0 heterocycles. The fourth-order valence-corrected chi connectivity index (χ4v) is 5.43. The highest BCUT2D eigenvalue weighted by Gasteiger charge is 2.22. The molecule has 0 aromatic heterocycles. The van der Waals surface area contributed by atoms with Gasteiger partial charge in [-0.15, -0.1) is 0 Å². The van der Waals surface area contributed by atoms with Crippen LogP contribution in [0.2, 0.25) is 0 Å². The van der Waals surface area contributed by atoms with Gasteiger partial charge in [-0.05, 0) is 25.2 Å².